The number of methoxy groups -OCH3 is 3. The van der Waals surface area contributed by atoms with E-state index < -0.39 is 58.9 Å². The maximum absolute atomic E-state index is 8.13. The molecule has 8 heteroatoms. The van der Waals surface area contributed by atoms with Gasteiger partial charge in [0.2, 0.25) is 0 Å². The van der Waals surface area contributed by atoms with Gasteiger partial charge in [-0.15, -0.1) is 6.42 Å². The molecule has 0 aliphatic heterocycles. The molecule has 0 spiro atoms. The van der Waals surface area contributed by atoms with Crippen LogP contribution in [0.15, 0.2) is 36.7 Å². The summed E-state index contributed by atoms with van der Waals surface area (Å²) in [5.41, 5.74) is 0.415. The highest BCUT2D eigenvalue weighted by molar-refractivity contribution is 5.93. The second kappa shape index (κ2) is 11.0. The standard InChI is InChI=1S/C23H25N3O5/c1-5-16-12-17(6-7-20(16)29-4)26-23-18-13-21(30-10-8-27-2)22(31-11-9-28-3)14-19(18)24-15-25-23/h1,6-7,12-15H,8-11H2,2-4H3,(H,24,25,26)/i2D3,3D3,4D3,8D2,9D2,10D2. The van der Waals surface area contributed by atoms with Gasteiger partial charge in [0.25, 0.3) is 0 Å². The van der Waals surface area contributed by atoms with E-state index in [1.54, 1.807) is 0 Å². The average molecular weight is 439 g/mol. The van der Waals surface area contributed by atoms with Gasteiger partial charge in [-0.2, -0.15) is 0 Å². The quantitative estimate of drug-likeness (QED) is 0.456. The summed E-state index contributed by atoms with van der Waals surface area (Å²) in [6, 6.07) is 6.25. The van der Waals surface area contributed by atoms with Crippen molar-refractivity contribution < 1.29 is 44.2 Å². The first-order chi connectivity index (χ1) is 20.8. The number of nitrogens with one attached hydrogen (secondary N) is 1. The molecule has 0 bridgehead atoms. The summed E-state index contributed by atoms with van der Waals surface area (Å²) in [7, 11) is -9.30. The average Bonchev–Trinajstić information content (AvgIpc) is 2.85. The lowest BCUT2D eigenvalue weighted by atomic mass is 10.1. The van der Waals surface area contributed by atoms with Gasteiger partial charge >= 0.3 is 0 Å². The van der Waals surface area contributed by atoms with Gasteiger partial charge < -0.3 is 29.0 Å². The number of aromatic nitrogens is 2. The molecule has 0 radical (unpaired) electrons. The zero-order chi connectivity index (χ0) is 34.9. The van der Waals surface area contributed by atoms with E-state index in [0.717, 1.165) is 18.5 Å². The number of anilines is 2. The van der Waals surface area contributed by atoms with Crippen LogP contribution < -0.4 is 19.5 Å². The molecule has 162 valence electrons. The summed E-state index contributed by atoms with van der Waals surface area (Å²) in [5.74, 6) is 1.11. The maximum atomic E-state index is 8.13. The highest BCUT2D eigenvalue weighted by Crippen LogP contribution is 2.35. The molecule has 0 aliphatic carbocycles. The van der Waals surface area contributed by atoms with Gasteiger partial charge in [0, 0.05) is 31.2 Å². The molecule has 1 heterocycles. The van der Waals surface area contributed by atoms with Crippen molar-refractivity contribution in [3.8, 4) is 29.6 Å². The summed E-state index contributed by atoms with van der Waals surface area (Å²) in [6.07, 6.45) is 6.61. The van der Waals surface area contributed by atoms with Gasteiger partial charge in [-0.25, -0.2) is 9.97 Å². The van der Waals surface area contributed by atoms with Crippen molar-refractivity contribution >= 4 is 22.4 Å². The Bertz CT molecular complexity index is 1600. The Balaban J connectivity index is 2.09. The second-order valence-electron chi connectivity index (χ2n) is 5.56. The molecule has 3 rings (SSSR count). The van der Waals surface area contributed by atoms with E-state index in [1.807, 2.05) is 0 Å². The molecule has 1 N–H and O–H groups in total. The zero-order valence-corrected chi connectivity index (χ0v) is 15.7. The minimum absolute atomic E-state index is 0.0252. The summed E-state index contributed by atoms with van der Waals surface area (Å²) in [5, 5.41) is 2.99. The van der Waals surface area contributed by atoms with E-state index in [0.29, 0.717) is 0 Å². The van der Waals surface area contributed by atoms with Crippen LogP contribution in [-0.4, -0.2) is 57.4 Å². The van der Waals surface area contributed by atoms with Crippen molar-refractivity contribution in [1.29, 1.82) is 0 Å². The Hall–Kier alpha value is -3.54. The number of ether oxygens (including phenoxy) is 5. The van der Waals surface area contributed by atoms with Crippen LogP contribution in [0, 0.1) is 12.3 Å². The van der Waals surface area contributed by atoms with Crippen LogP contribution in [0.5, 0.6) is 17.2 Å². The van der Waals surface area contributed by atoms with Gasteiger partial charge in [0.15, 0.2) is 11.5 Å². The number of fused-ring (bicyclic) bond motifs is 1. The Kier molecular flexibility index (Phi) is 3.46. The molecule has 0 unspecified atom stereocenters. The lowest BCUT2D eigenvalue weighted by Crippen LogP contribution is -2.09. The Labute approximate surface area is 202 Å². The highest BCUT2D eigenvalue weighted by atomic mass is 16.5. The first-order valence-electron chi connectivity index (χ1n) is 15.9. The van der Waals surface area contributed by atoms with Crippen molar-refractivity contribution in [3.05, 3.63) is 42.2 Å². The lowest BCUT2D eigenvalue weighted by molar-refractivity contribution is 0.132. The number of rotatable bonds is 11. The minimum Gasteiger partial charge on any atom is -0.495 e. The third kappa shape index (κ3) is 5.54. The van der Waals surface area contributed by atoms with Crippen LogP contribution in [-0.2, 0) is 9.47 Å². The summed E-state index contributed by atoms with van der Waals surface area (Å²) in [4.78, 5) is 8.22. The van der Waals surface area contributed by atoms with E-state index in [4.69, 9.17) is 41.2 Å². The Morgan fingerprint density at radius 2 is 1.87 bits per heavy atom. The van der Waals surface area contributed by atoms with E-state index in [1.165, 1.54) is 18.2 Å². The molecule has 31 heavy (non-hydrogen) atoms. The molecule has 8 nitrogen and oxygen atoms in total. The van der Waals surface area contributed by atoms with Crippen LogP contribution >= 0.6 is 0 Å². The van der Waals surface area contributed by atoms with Crippen molar-refractivity contribution in [2.75, 3.05) is 52.7 Å². The molecular weight excluding hydrogens is 398 g/mol. The maximum Gasteiger partial charge on any atom is 0.163 e. The van der Waals surface area contributed by atoms with Crippen LogP contribution in [0.3, 0.4) is 0 Å². The smallest absolute Gasteiger partial charge is 0.163 e. The molecule has 3 aromatic rings. The van der Waals surface area contributed by atoms with Crippen molar-refractivity contribution in [1.82, 2.24) is 9.97 Å². The topological polar surface area (TPSA) is 84.0 Å². The summed E-state index contributed by atoms with van der Waals surface area (Å²) >= 11 is 0. The van der Waals surface area contributed by atoms with Gasteiger partial charge in [-0.3, -0.25) is 0 Å². The fourth-order valence-electron chi connectivity index (χ4n) is 2.54. The molecule has 2 aromatic carbocycles. The van der Waals surface area contributed by atoms with E-state index in [9.17, 15) is 0 Å². The van der Waals surface area contributed by atoms with Gasteiger partial charge in [0.05, 0.1) is 51.8 Å². The van der Waals surface area contributed by atoms with Gasteiger partial charge in [0.1, 0.15) is 31.1 Å². The Morgan fingerprint density at radius 1 is 1.00 bits per heavy atom. The van der Waals surface area contributed by atoms with E-state index >= 15 is 0 Å². The molecule has 0 atom stereocenters. The van der Waals surface area contributed by atoms with Crippen LogP contribution in [0.25, 0.3) is 10.9 Å². The number of nitrogens with zero attached hydrogens (tertiary/aromatic N) is 2. The van der Waals surface area contributed by atoms with Gasteiger partial charge in [-0.05, 0) is 24.3 Å². The minimum atomic E-state index is -3.58. The van der Waals surface area contributed by atoms with Crippen molar-refractivity contribution in [3.63, 3.8) is 0 Å². The molecule has 0 amide bonds. The predicted octanol–water partition coefficient (Wildman–Crippen LogP) is 3.41. The molecule has 0 fully saturated rings. The molecule has 1 aromatic heterocycles. The van der Waals surface area contributed by atoms with Gasteiger partial charge in [-0.1, -0.05) is 5.92 Å². The SMILES string of the molecule is [2H]C([2H])([2H])Oc1ccc(Nc2ncnc3cc(OCC([2H])([2H])OC([2H])([2H])[2H])c(OC([2H])([2H])C([2H])([2H])OC([2H])([2H])[2H])cc23)cc1C#C. The summed E-state index contributed by atoms with van der Waals surface area (Å²) in [6.45, 7) is -11.1. The fraction of sp³-hybridized carbons (Fsp3) is 0.304. The largest absolute Gasteiger partial charge is 0.495 e. The lowest BCUT2D eigenvalue weighted by Gasteiger charge is -2.15. The number of benzene rings is 2. The van der Waals surface area contributed by atoms with Crippen molar-refractivity contribution in [2.45, 2.75) is 0 Å². The predicted molar refractivity (Wildman–Crippen MR) is 118 cm³/mol. The third-order valence-corrected chi connectivity index (χ3v) is 3.82. The molecule has 0 aliphatic rings. The summed E-state index contributed by atoms with van der Waals surface area (Å²) < 4.78 is 137. The number of hydrogen-bond donors (Lipinski definition) is 1. The van der Waals surface area contributed by atoms with Crippen LogP contribution in [0.1, 0.15) is 26.1 Å². The first-order valence-corrected chi connectivity index (χ1v) is 8.37. The number of terminal acetylenes is 1. The monoisotopic (exact) mass is 438 g/mol. The zero-order valence-electron chi connectivity index (χ0n) is 30.7. The first kappa shape index (κ1) is 9.73. The normalized spacial score (nSPS) is 20.3. The fourth-order valence-corrected chi connectivity index (χ4v) is 2.54. The van der Waals surface area contributed by atoms with E-state index in [-0.39, 0.29) is 33.7 Å². The van der Waals surface area contributed by atoms with Crippen molar-refractivity contribution in [2.24, 2.45) is 0 Å². The number of hydrogen-bond acceptors (Lipinski definition) is 8. The Morgan fingerprint density at radius 3 is 2.71 bits per heavy atom. The van der Waals surface area contributed by atoms with E-state index in [2.05, 4.69) is 30.7 Å². The molecular formula is C23H25N3O5. The molecule has 0 saturated heterocycles. The second-order valence-corrected chi connectivity index (χ2v) is 5.56. The molecule has 0 saturated carbocycles. The van der Waals surface area contributed by atoms with Crippen LogP contribution in [0.2, 0.25) is 0 Å². The highest BCUT2D eigenvalue weighted by Gasteiger charge is 2.13. The van der Waals surface area contributed by atoms with Crippen LogP contribution in [0.4, 0.5) is 11.5 Å². The third-order valence-electron chi connectivity index (χ3n) is 3.82.